The fraction of sp³-hybridized carbons (Fsp3) is 0.0667. The molecule has 5 heteroatoms. The maximum absolute atomic E-state index is 5.85. The molecule has 0 bridgehead atoms. The highest BCUT2D eigenvalue weighted by Crippen LogP contribution is 2.23. The smallest absolute Gasteiger partial charge is 0.258 e. The van der Waals surface area contributed by atoms with E-state index in [1.165, 1.54) is 0 Å². The molecular weight excluding hydrogens is 274 g/mol. The van der Waals surface area contributed by atoms with Gasteiger partial charge in [0.25, 0.3) is 5.89 Å². The van der Waals surface area contributed by atoms with Crippen LogP contribution in [-0.2, 0) is 6.54 Å². The van der Waals surface area contributed by atoms with Gasteiger partial charge in [-0.2, -0.15) is 4.98 Å². The predicted molar refractivity (Wildman–Crippen MR) is 78.1 cm³/mol. The highest BCUT2D eigenvalue weighted by molar-refractivity contribution is 6.30. The summed E-state index contributed by atoms with van der Waals surface area (Å²) in [5, 5.41) is 4.66. The Balaban J connectivity index is 1.91. The van der Waals surface area contributed by atoms with Crippen molar-refractivity contribution in [2.75, 3.05) is 0 Å². The van der Waals surface area contributed by atoms with Crippen LogP contribution in [0, 0.1) is 0 Å². The Kier molecular flexibility index (Phi) is 3.50. The largest absolute Gasteiger partial charge is 0.334 e. The summed E-state index contributed by atoms with van der Waals surface area (Å²) in [4.78, 5) is 4.38. The van der Waals surface area contributed by atoms with Crippen LogP contribution in [0.3, 0.4) is 0 Å². The van der Waals surface area contributed by atoms with Gasteiger partial charge in [0.05, 0.1) is 0 Å². The zero-order valence-electron chi connectivity index (χ0n) is 10.6. The summed E-state index contributed by atoms with van der Waals surface area (Å²) in [5.74, 6) is 1.03. The third-order valence-corrected chi connectivity index (χ3v) is 3.22. The zero-order valence-corrected chi connectivity index (χ0v) is 11.3. The van der Waals surface area contributed by atoms with Crippen LogP contribution in [0.5, 0.6) is 0 Å². The molecule has 0 fully saturated rings. The number of hydrogen-bond donors (Lipinski definition) is 1. The molecule has 0 saturated carbocycles. The van der Waals surface area contributed by atoms with E-state index in [0.29, 0.717) is 23.3 Å². The molecule has 4 nitrogen and oxygen atoms in total. The summed E-state index contributed by atoms with van der Waals surface area (Å²) in [7, 11) is 0. The van der Waals surface area contributed by atoms with E-state index >= 15 is 0 Å². The van der Waals surface area contributed by atoms with Crippen molar-refractivity contribution in [3.05, 3.63) is 59.1 Å². The molecular formula is C15H12ClN3O. The minimum Gasteiger partial charge on any atom is -0.334 e. The maximum atomic E-state index is 5.85. The quantitative estimate of drug-likeness (QED) is 0.800. The van der Waals surface area contributed by atoms with Crippen LogP contribution in [0.4, 0.5) is 0 Å². The molecule has 0 aliphatic heterocycles. The molecule has 0 saturated heterocycles. The van der Waals surface area contributed by atoms with Gasteiger partial charge in [-0.1, -0.05) is 28.9 Å². The van der Waals surface area contributed by atoms with Crippen LogP contribution in [0.2, 0.25) is 5.02 Å². The van der Waals surface area contributed by atoms with Crippen molar-refractivity contribution >= 4 is 11.6 Å². The maximum Gasteiger partial charge on any atom is 0.258 e. The molecule has 1 heterocycles. The van der Waals surface area contributed by atoms with Gasteiger partial charge in [-0.3, -0.25) is 0 Å². The molecule has 20 heavy (non-hydrogen) atoms. The summed E-state index contributed by atoms with van der Waals surface area (Å²) in [6.07, 6.45) is 0. The summed E-state index contributed by atoms with van der Waals surface area (Å²) < 4.78 is 5.28. The molecule has 0 aliphatic rings. The summed E-state index contributed by atoms with van der Waals surface area (Å²) in [6, 6.07) is 15.0. The van der Waals surface area contributed by atoms with Crippen LogP contribution in [0.25, 0.3) is 22.8 Å². The third-order valence-electron chi connectivity index (χ3n) is 2.97. The van der Waals surface area contributed by atoms with Gasteiger partial charge >= 0.3 is 0 Å². The molecule has 2 N–H and O–H groups in total. The van der Waals surface area contributed by atoms with Crippen molar-refractivity contribution in [2.24, 2.45) is 5.73 Å². The van der Waals surface area contributed by atoms with Gasteiger partial charge in [0.2, 0.25) is 5.82 Å². The van der Waals surface area contributed by atoms with E-state index in [1.807, 2.05) is 36.4 Å². The van der Waals surface area contributed by atoms with Crippen LogP contribution < -0.4 is 5.73 Å². The first-order chi connectivity index (χ1) is 9.76. The van der Waals surface area contributed by atoms with Crippen LogP contribution >= 0.6 is 11.6 Å². The number of benzene rings is 2. The number of nitrogens with two attached hydrogens (primary N) is 1. The molecule has 0 spiro atoms. The first-order valence-electron chi connectivity index (χ1n) is 6.15. The van der Waals surface area contributed by atoms with E-state index in [4.69, 9.17) is 21.9 Å². The number of aromatic nitrogens is 2. The summed E-state index contributed by atoms with van der Waals surface area (Å²) >= 11 is 5.85. The van der Waals surface area contributed by atoms with Crippen molar-refractivity contribution in [1.29, 1.82) is 0 Å². The molecule has 0 aliphatic carbocycles. The number of rotatable bonds is 3. The van der Waals surface area contributed by atoms with Gasteiger partial charge in [0.1, 0.15) is 0 Å². The normalized spacial score (nSPS) is 10.7. The topological polar surface area (TPSA) is 64.9 Å². The minimum absolute atomic E-state index is 0.485. The average molecular weight is 286 g/mol. The average Bonchev–Trinajstić information content (AvgIpc) is 2.98. The highest BCUT2D eigenvalue weighted by atomic mass is 35.5. The molecule has 2 aromatic carbocycles. The number of nitrogens with zero attached hydrogens (tertiary/aromatic N) is 2. The molecule has 0 atom stereocenters. The molecule has 1 aromatic heterocycles. The van der Waals surface area contributed by atoms with E-state index in [0.717, 1.165) is 16.7 Å². The summed E-state index contributed by atoms with van der Waals surface area (Å²) in [6.45, 7) is 0.514. The van der Waals surface area contributed by atoms with Crippen LogP contribution in [0.15, 0.2) is 53.1 Å². The Morgan fingerprint density at radius 2 is 1.60 bits per heavy atom. The number of hydrogen-bond acceptors (Lipinski definition) is 4. The number of halogens is 1. The molecule has 0 amide bonds. The molecule has 100 valence electrons. The first-order valence-corrected chi connectivity index (χ1v) is 6.53. The molecule has 0 radical (unpaired) electrons. The Labute approximate surface area is 121 Å². The second-order valence-corrected chi connectivity index (χ2v) is 4.77. The van der Waals surface area contributed by atoms with Gasteiger partial charge in [-0.05, 0) is 42.0 Å². The first kappa shape index (κ1) is 12.8. The SMILES string of the molecule is NCc1ccc(-c2nc(-c3ccc(Cl)cc3)no2)cc1. The van der Waals surface area contributed by atoms with Crippen LogP contribution in [0.1, 0.15) is 5.56 Å². The lowest BCUT2D eigenvalue weighted by Gasteiger charge is -1.97. The van der Waals surface area contributed by atoms with E-state index < -0.39 is 0 Å². The van der Waals surface area contributed by atoms with Crippen molar-refractivity contribution < 1.29 is 4.52 Å². The zero-order chi connectivity index (χ0) is 13.9. The third kappa shape index (κ3) is 2.57. The second kappa shape index (κ2) is 5.45. The molecule has 3 rings (SSSR count). The van der Waals surface area contributed by atoms with E-state index in [-0.39, 0.29) is 0 Å². The lowest BCUT2D eigenvalue weighted by molar-refractivity contribution is 0.432. The Morgan fingerprint density at radius 3 is 2.25 bits per heavy atom. The van der Waals surface area contributed by atoms with E-state index in [2.05, 4.69) is 10.1 Å². The lowest BCUT2D eigenvalue weighted by Crippen LogP contribution is -1.95. The lowest BCUT2D eigenvalue weighted by atomic mass is 10.1. The highest BCUT2D eigenvalue weighted by Gasteiger charge is 2.10. The van der Waals surface area contributed by atoms with Gasteiger partial charge in [-0.25, -0.2) is 0 Å². The summed E-state index contributed by atoms with van der Waals surface area (Å²) in [5.41, 5.74) is 8.36. The van der Waals surface area contributed by atoms with Gasteiger partial charge in [-0.15, -0.1) is 0 Å². The minimum atomic E-state index is 0.485. The Morgan fingerprint density at radius 1 is 0.950 bits per heavy atom. The standard InChI is InChI=1S/C15H12ClN3O/c16-13-7-5-11(6-8-13)14-18-15(20-19-14)12-3-1-10(9-17)2-4-12/h1-8H,9,17H2. The Bertz CT molecular complexity index is 705. The predicted octanol–water partition coefficient (Wildman–Crippen LogP) is 3.52. The van der Waals surface area contributed by atoms with E-state index in [1.54, 1.807) is 12.1 Å². The molecule has 0 unspecified atom stereocenters. The Hall–Kier alpha value is -2.17. The fourth-order valence-electron chi connectivity index (χ4n) is 1.84. The van der Waals surface area contributed by atoms with Gasteiger partial charge < -0.3 is 10.3 Å². The van der Waals surface area contributed by atoms with Crippen molar-refractivity contribution in [3.8, 4) is 22.8 Å². The molecule has 3 aromatic rings. The van der Waals surface area contributed by atoms with Gasteiger partial charge in [0.15, 0.2) is 0 Å². The van der Waals surface area contributed by atoms with Crippen molar-refractivity contribution in [2.45, 2.75) is 6.54 Å². The van der Waals surface area contributed by atoms with Crippen molar-refractivity contribution in [1.82, 2.24) is 10.1 Å². The van der Waals surface area contributed by atoms with Crippen molar-refractivity contribution in [3.63, 3.8) is 0 Å². The second-order valence-electron chi connectivity index (χ2n) is 4.33. The van der Waals surface area contributed by atoms with Crippen LogP contribution in [-0.4, -0.2) is 10.1 Å². The van der Waals surface area contributed by atoms with E-state index in [9.17, 15) is 0 Å². The van der Waals surface area contributed by atoms with Gasteiger partial charge in [0, 0.05) is 22.7 Å². The fourth-order valence-corrected chi connectivity index (χ4v) is 1.97. The monoisotopic (exact) mass is 285 g/mol.